The van der Waals surface area contributed by atoms with Gasteiger partial charge < -0.3 is 18.3 Å². The molecule has 1 unspecified atom stereocenters. The third kappa shape index (κ3) is 10.2. The number of hydrogen-bond donors (Lipinski definition) is 1. The van der Waals surface area contributed by atoms with Crippen LogP contribution in [-0.2, 0) is 17.8 Å². The molecule has 0 saturated carbocycles. The van der Waals surface area contributed by atoms with Gasteiger partial charge in [0.1, 0.15) is 0 Å². The van der Waals surface area contributed by atoms with E-state index < -0.39 is 37.1 Å². The van der Waals surface area contributed by atoms with Gasteiger partial charge in [0.05, 0.1) is 12.7 Å². The van der Waals surface area contributed by atoms with Crippen molar-refractivity contribution in [3.05, 3.63) is 23.4 Å². The Kier molecular flexibility index (Phi) is 10.2. The van der Waals surface area contributed by atoms with E-state index in [2.05, 4.69) is 57.2 Å². The maximum Gasteiger partial charge on any atom is 0.327 e. The molecule has 0 bridgehead atoms. The lowest BCUT2D eigenvalue weighted by Crippen LogP contribution is -2.52. The molecular weight excluding hydrogens is 428 g/mol. The Hall–Kier alpha value is -1.19. The monoisotopic (exact) mass is 468 g/mol. The van der Waals surface area contributed by atoms with Gasteiger partial charge in [0.2, 0.25) is 0 Å². The Morgan fingerprint density at radius 2 is 1.77 bits per heavy atom. The molecule has 0 aliphatic heterocycles. The fraction of sp³-hybridized carbons (Fsp3) is 0.714. The molecule has 0 aromatic rings. The number of carbonyl (C=O) groups excluding carboxylic acids is 1. The third-order valence-electron chi connectivity index (χ3n) is 4.32. The highest BCUT2D eigenvalue weighted by atomic mass is 28.5. The van der Waals surface area contributed by atoms with Crippen LogP contribution in [0.25, 0.3) is 0 Å². The molecule has 1 atom stereocenters. The summed E-state index contributed by atoms with van der Waals surface area (Å²) in [5.41, 5.74) is 1.80. The Bertz CT molecular complexity index is 672. The van der Waals surface area contributed by atoms with Crippen molar-refractivity contribution in [1.29, 1.82) is 5.26 Å². The molecule has 0 heterocycles. The van der Waals surface area contributed by atoms with Crippen LogP contribution in [0.4, 0.5) is 0 Å². The van der Waals surface area contributed by atoms with E-state index >= 15 is 0 Å². The molecule has 1 aliphatic carbocycles. The van der Waals surface area contributed by atoms with E-state index in [4.69, 9.17) is 13.0 Å². The van der Waals surface area contributed by atoms with Crippen LogP contribution in [0.2, 0.25) is 51.9 Å². The van der Waals surface area contributed by atoms with Crippen LogP contribution in [0.15, 0.2) is 23.4 Å². The van der Waals surface area contributed by atoms with Crippen molar-refractivity contribution in [2.45, 2.75) is 78.1 Å². The minimum Gasteiger partial charge on any atom is -0.465 e. The number of allylic oxidation sites excluding steroid dienone is 3. The zero-order chi connectivity index (χ0) is 23.0. The van der Waals surface area contributed by atoms with Crippen LogP contribution in [0.1, 0.15) is 26.2 Å². The van der Waals surface area contributed by atoms with E-state index in [0.29, 0.717) is 0 Å². The number of hydrogen-bond acceptors (Lipinski definition) is 6. The van der Waals surface area contributed by atoms with Gasteiger partial charge in [0.25, 0.3) is 0 Å². The highest BCUT2D eigenvalue weighted by Crippen LogP contribution is 2.26. The third-order valence-corrected chi connectivity index (χ3v) is 13.9. The number of ether oxygens (including phenoxy) is 1. The van der Waals surface area contributed by atoms with Crippen LogP contribution in [0.3, 0.4) is 0 Å². The molecule has 0 saturated heterocycles. The van der Waals surface area contributed by atoms with Crippen molar-refractivity contribution in [2.24, 2.45) is 5.92 Å². The quantitative estimate of drug-likeness (QED) is 0.245. The summed E-state index contributed by atoms with van der Waals surface area (Å²) in [7, 11) is -5.59. The lowest BCUT2D eigenvalue weighted by atomic mass is 9.93. The molecule has 0 aromatic carbocycles. The molecular formula is C21H40N2O4Si3. The zero-order valence-corrected chi connectivity index (χ0v) is 23.1. The molecule has 0 aromatic heterocycles. The number of esters is 1. The molecule has 0 radical (unpaired) electrons. The first kappa shape index (κ1) is 26.8. The fourth-order valence-corrected chi connectivity index (χ4v) is 16.2. The van der Waals surface area contributed by atoms with Crippen molar-refractivity contribution >= 4 is 31.2 Å². The van der Waals surface area contributed by atoms with Crippen molar-refractivity contribution in [2.75, 3.05) is 13.2 Å². The van der Waals surface area contributed by atoms with Gasteiger partial charge >= 0.3 is 14.5 Å². The minimum atomic E-state index is -2.22. The van der Waals surface area contributed by atoms with E-state index in [0.717, 1.165) is 43.1 Å². The molecule has 9 heteroatoms. The fourth-order valence-electron chi connectivity index (χ4n) is 3.63. The first-order valence-electron chi connectivity index (χ1n) is 10.9. The number of carbonyl (C=O) groups is 1. The van der Waals surface area contributed by atoms with Gasteiger partial charge in [-0.3, -0.25) is 4.79 Å². The van der Waals surface area contributed by atoms with Crippen LogP contribution in [-0.4, -0.2) is 44.3 Å². The SMILES string of the molecule is CCOC(=O)C(C#N)C1=CCCC(NCCC[Si](C)(O[Si](C)(C)C)O[Si](C)(C)C)=C1. The summed E-state index contributed by atoms with van der Waals surface area (Å²) in [5, 5.41) is 12.9. The van der Waals surface area contributed by atoms with E-state index in [1.54, 1.807) is 6.92 Å². The van der Waals surface area contributed by atoms with E-state index in [9.17, 15) is 10.1 Å². The zero-order valence-electron chi connectivity index (χ0n) is 20.1. The molecule has 1 rings (SSSR count). The lowest BCUT2D eigenvalue weighted by Gasteiger charge is -2.38. The van der Waals surface area contributed by atoms with Crippen LogP contribution >= 0.6 is 0 Å². The van der Waals surface area contributed by atoms with Crippen LogP contribution in [0, 0.1) is 17.2 Å². The van der Waals surface area contributed by atoms with E-state index in [1.807, 2.05) is 12.2 Å². The average molecular weight is 469 g/mol. The second kappa shape index (κ2) is 11.4. The van der Waals surface area contributed by atoms with Crippen LogP contribution in [0.5, 0.6) is 0 Å². The van der Waals surface area contributed by atoms with E-state index in [1.165, 1.54) is 0 Å². The summed E-state index contributed by atoms with van der Waals surface area (Å²) in [6, 6.07) is 3.03. The number of nitrogens with zero attached hydrogens (tertiary/aromatic N) is 1. The Balaban J connectivity index is 2.68. The summed E-state index contributed by atoms with van der Waals surface area (Å²) in [4.78, 5) is 12.0. The van der Waals surface area contributed by atoms with Crippen molar-refractivity contribution in [1.82, 2.24) is 5.32 Å². The standard InChI is InChI=1S/C21H40N2O4Si3/c1-9-25-21(24)20(17-22)18-12-10-13-19(16-18)23-14-11-15-30(8,26-28(2,3)4)27-29(5,6)7/h12,16,20,23H,9-11,13-15H2,1-8H3. The Labute approximate surface area is 186 Å². The van der Waals surface area contributed by atoms with Gasteiger partial charge in [0.15, 0.2) is 22.6 Å². The molecule has 0 spiro atoms. The second-order valence-corrected chi connectivity index (χ2v) is 22.7. The van der Waals surface area contributed by atoms with Gasteiger partial charge in [0, 0.05) is 12.2 Å². The predicted octanol–water partition coefficient (Wildman–Crippen LogP) is 5.05. The summed E-state index contributed by atoms with van der Waals surface area (Å²) in [6.45, 7) is 18.4. The molecule has 0 amide bonds. The highest BCUT2D eigenvalue weighted by molar-refractivity contribution is 6.87. The Morgan fingerprint density at radius 3 is 2.27 bits per heavy atom. The first-order chi connectivity index (χ1) is 13.8. The Morgan fingerprint density at radius 1 is 1.17 bits per heavy atom. The summed E-state index contributed by atoms with van der Waals surface area (Å²) >= 11 is 0. The van der Waals surface area contributed by atoms with Gasteiger partial charge in [-0.25, -0.2) is 0 Å². The maximum atomic E-state index is 12.0. The number of nitrogens with one attached hydrogen (secondary N) is 1. The van der Waals surface area contributed by atoms with Crippen molar-refractivity contribution in [3.8, 4) is 6.07 Å². The van der Waals surface area contributed by atoms with E-state index in [-0.39, 0.29) is 6.61 Å². The van der Waals surface area contributed by atoms with Gasteiger partial charge in [-0.2, -0.15) is 5.26 Å². The van der Waals surface area contributed by atoms with Crippen LogP contribution < -0.4 is 5.32 Å². The van der Waals surface area contributed by atoms with Crippen molar-refractivity contribution < 1.29 is 17.8 Å². The molecule has 6 nitrogen and oxygen atoms in total. The number of rotatable bonds is 12. The molecule has 1 N–H and O–H groups in total. The topological polar surface area (TPSA) is 80.6 Å². The maximum absolute atomic E-state index is 12.0. The van der Waals surface area contributed by atoms with Gasteiger partial charge in [-0.1, -0.05) is 6.08 Å². The van der Waals surface area contributed by atoms with Gasteiger partial charge in [-0.15, -0.1) is 0 Å². The lowest BCUT2D eigenvalue weighted by molar-refractivity contribution is -0.144. The smallest absolute Gasteiger partial charge is 0.327 e. The normalized spacial score (nSPS) is 16.2. The second-order valence-electron chi connectivity index (χ2n) is 9.82. The predicted molar refractivity (Wildman–Crippen MR) is 129 cm³/mol. The summed E-state index contributed by atoms with van der Waals surface area (Å²) in [5.74, 6) is -1.33. The highest BCUT2D eigenvalue weighted by Gasteiger charge is 2.39. The van der Waals surface area contributed by atoms with Crippen molar-refractivity contribution in [3.63, 3.8) is 0 Å². The number of nitriles is 1. The molecule has 1 aliphatic rings. The first-order valence-corrected chi connectivity index (χ1v) is 20.2. The molecule has 0 fully saturated rings. The van der Waals surface area contributed by atoms with Gasteiger partial charge in [-0.05, 0) is 89.7 Å². The molecule has 30 heavy (non-hydrogen) atoms. The minimum absolute atomic E-state index is 0.279. The average Bonchev–Trinajstić information content (AvgIpc) is 2.57. The summed E-state index contributed by atoms with van der Waals surface area (Å²) < 4.78 is 18.1. The largest absolute Gasteiger partial charge is 0.465 e. The summed E-state index contributed by atoms with van der Waals surface area (Å²) in [6.07, 6.45) is 6.56. The molecule has 170 valence electrons.